The van der Waals surface area contributed by atoms with Crippen LogP contribution in [0.4, 0.5) is 5.69 Å². The van der Waals surface area contributed by atoms with Gasteiger partial charge in [-0.2, -0.15) is 0 Å². The average Bonchev–Trinajstić information content (AvgIpc) is 3.00. The Balaban J connectivity index is 0.00000261. The monoisotopic (exact) mass is 405 g/mol. The number of benzene rings is 2. The molecule has 0 aliphatic rings. The highest BCUT2D eigenvalue weighted by Crippen LogP contribution is 2.30. The van der Waals surface area contributed by atoms with E-state index in [1.54, 1.807) is 12.1 Å². The Kier molecular flexibility index (Phi) is 6.90. The second-order valence-corrected chi connectivity index (χ2v) is 7.10. The van der Waals surface area contributed by atoms with Crippen LogP contribution in [-0.4, -0.2) is 21.5 Å². The summed E-state index contributed by atoms with van der Waals surface area (Å²) in [5.41, 5.74) is 2.82. The Hall–Kier alpha value is -2.48. The Labute approximate surface area is 167 Å². The molecule has 0 radical (unpaired) electrons. The average molecular weight is 406 g/mol. The Morgan fingerprint density at radius 1 is 1.26 bits per heavy atom. The van der Waals surface area contributed by atoms with Gasteiger partial charge in [-0.3, -0.25) is 4.79 Å². The first-order chi connectivity index (χ1) is 12.4. The number of nitrogens with one attached hydrogen (secondary N) is 2. The number of aromatic nitrogens is 1. The van der Waals surface area contributed by atoms with E-state index >= 15 is 0 Å². The van der Waals surface area contributed by atoms with Gasteiger partial charge in [-0.25, -0.2) is 4.98 Å². The summed E-state index contributed by atoms with van der Waals surface area (Å²) in [5, 5.41) is 6.29. The van der Waals surface area contributed by atoms with Crippen LogP contribution in [0.15, 0.2) is 46.9 Å². The summed E-state index contributed by atoms with van der Waals surface area (Å²) in [7, 11) is 0. The van der Waals surface area contributed by atoms with E-state index in [2.05, 4.69) is 15.6 Å². The van der Waals surface area contributed by atoms with Crippen molar-refractivity contribution in [2.75, 3.05) is 5.32 Å². The summed E-state index contributed by atoms with van der Waals surface area (Å²) in [6.07, 6.45) is 0.401. The molecule has 27 heavy (non-hydrogen) atoms. The van der Waals surface area contributed by atoms with Crippen molar-refractivity contribution in [1.29, 1.82) is 0 Å². The maximum atomic E-state index is 11.8. The fourth-order valence-corrected chi connectivity index (χ4v) is 2.84. The van der Waals surface area contributed by atoms with Crippen LogP contribution in [0, 0.1) is 5.92 Å². The molecule has 1 aromatic heterocycles. The number of para-hydroxylation sites is 2. The minimum absolute atomic E-state index is 0. The second-order valence-electron chi connectivity index (χ2n) is 6.28. The first kappa shape index (κ1) is 20.8. The lowest BCUT2D eigenvalue weighted by Gasteiger charge is -2.12. The highest BCUT2D eigenvalue weighted by Gasteiger charge is 2.12. The maximum Gasteiger partial charge on any atom is 0.227 e. The number of hydrogen-bond donors (Lipinski definition) is 2. The van der Waals surface area contributed by atoms with Crippen molar-refractivity contribution >= 4 is 51.6 Å². The highest BCUT2D eigenvalue weighted by atomic mass is 35.5. The molecule has 2 aromatic carbocycles. The largest absolute Gasteiger partial charge is 0.436 e. The molecule has 3 rings (SSSR count). The van der Waals surface area contributed by atoms with E-state index in [0.29, 0.717) is 28.6 Å². The number of carbonyl (C=O) groups excluding carboxylic acids is 1. The van der Waals surface area contributed by atoms with E-state index in [1.807, 2.05) is 44.2 Å². The summed E-state index contributed by atoms with van der Waals surface area (Å²) in [6, 6.07) is 12.9. The lowest BCUT2D eigenvalue weighted by atomic mass is 10.1. The van der Waals surface area contributed by atoms with Crippen LogP contribution >= 0.6 is 23.8 Å². The molecule has 0 saturated carbocycles. The van der Waals surface area contributed by atoms with Crippen LogP contribution in [0.2, 0.25) is 5.02 Å². The van der Waals surface area contributed by atoms with Crippen LogP contribution in [0.3, 0.4) is 0 Å². The van der Waals surface area contributed by atoms with Gasteiger partial charge in [0.15, 0.2) is 10.7 Å². The number of amides is 1. The molecule has 0 fully saturated rings. The van der Waals surface area contributed by atoms with E-state index in [1.165, 1.54) is 0 Å². The SMILES string of the molecule is CC(C)CC(=O)NC(=S)Nc1cc(-c2nc3ccccc3o2)ccc1Cl.O. The van der Waals surface area contributed by atoms with Gasteiger partial charge < -0.3 is 20.5 Å². The maximum absolute atomic E-state index is 11.8. The molecular weight excluding hydrogens is 386 g/mol. The normalized spacial score (nSPS) is 10.5. The Bertz CT molecular complexity index is 939. The predicted molar refractivity (Wildman–Crippen MR) is 112 cm³/mol. The van der Waals surface area contributed by atoms with Crippen molar-refractivity contribution in [3.8, 4) is 11.5 Å². The summed E-state index contributed by atoms with van der Waals surface area (Å²) in [5.74, 6) is 0.605. The van der Waals surface area contributed by atoms with Crippen molar-refractivity contribution in [3.05, 3.63) is 47.5 Å². The number of hydrogen-bond acceptors (Lipinski definition) is 4. The molecular formula is C19H20ClN3O3S. The van der Waals surface area contributed by atoms with Crippen LogP contribution in [0.5, 0.6) is 0 Å². The van der Waals surface area contributed by atoms with Crippen molar-refractivity contribution in [2.24, 2.45) is 5.92 Å². The van der Waals surface area contributed by atoms with Gasteiger partial charge in [-0.05, 0) is 48.5 Å². The number of carbonyl (C=O) groups is 1. The van der Waals surface area contributed by atoms with E-state index < -0.39 is 0 Å². The smallest absolute Gasteiger partial charge is 0.227 e. The van der Waals surface area contributed by atoms with Crippen molar-refractivity contribution in [2.45, 2.75) is 20.3 Å². The number of fused-ring (bicyclic) bond motifs is 1. The number of oxazole rings is 1. The van der Waals surface area contributed by atoms with Crippen molar-refractivity contribution < 1.29 is 14.7 Å². The van der Waals surface area contributed by atoms with Crippen LogP contribution in [0.25, 0.3) is 22.6 Å². The quantitative estimate of drug-likeness (QED) is 0.634. The summed E-state index contributed by atoms with van der Waals surface area (Å²) in [6.45, 7) is 3.94. The van der Waals surface area contributed by atoms with E-state index in [4.69, 9.17) is 28.2 Å². The summed E-state index contributed by atoms with van der Waals surface area (Å²) >= 11 is 11.4. The van der Waals surface area contributed by atoms with Crippen LogP contribution < -0.4 is 10.6 Å². The third-order valence-electron chi connectivity index (χ3n) is 3.60. The van der Waals surface area contributed by atoms with Gasteiger partial charge >= 0.3 is 0 Å². The molecule has 4 N–H and O–H groups in total. The minimum atomic E-state index is -0.135. The molecule has 0 unspecified atom stereocenters. The molecule has 6 nitrogen and oxygen atoms in total. The van der Waals surface area contributed by atoms with Crippen LogP contribution in [0.1, 0.15) is 20.3 Å². The van der Waals surface area contributed by atoms with E-state index in [0.717, 1.165) is 11.1 Å². The van der Waals surface area contributed by atoms with Gasteiger partial charge in [0.25, 0.3) is 0 Å². The Morgan fingerprint density at radius 3 is 2.70 bits per heavy atom. The summed E-state index contributed by atoms with van der Waals surface area (Å²) in [4.78, 5) is 16.3. The first-order valence-corrected chi connectivity index (χ1v) is 8.97. The van der Waals surface area contributed by atoms with Gasteiger partial charge in [0.2, 0.25) is 11.8 Å². The topological polar surface area (TPSA) is 98.7 Å². The van der Waals surface area contributed by atoms with Gasteiger partial charge in [0.05, 0.1) is 10.7 Å². The molecule has 1 amide bonds. The number of nitrogens with zero attached hydrogens (tertiary/aromatic N) is 1. The zero-order chi connectivity index (χ0) is 18.7. The van der Waals surface area contributed by atoms with Gasteiger partial charge in [0.1, 0.15) is 5.52 Å². The zero-order valence-electron chi connectivity index (χ0n) is 14.9. The van der Waals surface area contributed by atoms with Gasteiger partial charge in [0, 0.05) is 12.0 Å². The number of halogens is 1. The molecule has 0 saturated heterocycles. The molecule has 0 atom stereocenters. The number of rotatable bonds is 4. The Morgan fingerprint density at radius 2 is 2.00 bits per heavy atom. The zero-order valence-corrected chi connectivity index (χ0v) is 16.4. The highest BCUT2D eigenvalue weighted by molar-refractivity contribution is 7.80. The third kappa shape index (κ3) is 5.26. The molecule has 0 spiro atoms. The molecule has 3 aromatic rings. The lowest BCUT2D eigenvalue weighted by Crippen LogP contribution is -2.34. The third-order valence-corrected chi connectivity index (χ3v) is 4.14. The fourth-order valence-electron chi connectivity index (χ4n) is 2.45. The van der Waals surface area contributed by atoms with Gasteiger partial charge in [-0.15, -0.1) is 0 Å². The number of anilines is 1. The van der Waals surface area contributed by atoms with Crippen LogP contribution in [-0.2, 0) is 4.79 Å². The lowest BCUT2D eigenvalue weighted by molar-refractivity contribution is -0.120. The molecule has 0 aliphatic carbocycles. The minimum Gasteiger partial charge on any atom is -0.436 e. The number of thiocarbonyl (C=S) groups is 1. The predicted octanol–water partition coefficient (Wildman–Crippen LogP) is 4.18. The van der Waals surface area contributed by atoms with Crippen molar-refractivity contribution in [3.63, 3.8) is 0 Å². The fraction of sp³-hybridized carbons (Fsp3) is 0.211. The molecule has 1 heterocycles. The van der Waals surface area contributed by atoms with Crippen molar-refractivity contribution in [1.82, 2.24) is 10.3 Å². The molecule has 8 heteroatoms. The van der Waals surface area contributed by atoms with E-state index in [9.17, 15) is 4.79 Å². The summed E-state index contributed by atoms with van der Waals surface area (Å²) < 4.78 is 5.78. The standard InChI is InChI=1S/C19H18ClN3O2S.H2O/c1-11(2)9-17(24)23-19(26)22-15-10-12(7-8-13(15)20)18-21-14-5-3-4-6-16(14)25-18;/h3-8,10-11H,9H2,1-2H3,(H2,22,23,24,26);1H2. The molecule has 0 aliphatic heterocycles. The molecule has 142 valence electrons. The van der Waals surface area contributed by atoms with E-state index in [-0.39, 0.29) is 22.4 Å². The first-order valence-electron chi connectivity index (χ1n) is 8.18. The molecule has 0 bridgehead atoms. The second kappa shape index (κ2) is 8.94. The van der Waals surface area contributed by atoms with Gasteiger partial charge in [-0.1, -0.05) is 37.6 Å².